The predicted octanol–water partition coefficient (Wildman–Crippen LogP) is 2.18. The van der Waals surface area contributed by atoms with Crippen LogP contribution in [0, 0.1) is 5.92 Å². The zero-order valence-corrected chi connectivity index (χ0v) is 14.2. The van der Waals surface area contributed by atoms with E-state index in [1.54, 1.807) is 21.3 Å². The molecule has 0 aliphatic carbocycles. The zero-order chi connectivity index (χ0) is 16.7. The van der Waals surface area contributed by atoms with Gasteiger partial charge in [-0.2, -0.15) is 0 Å². The van der Waals surface area contributed by atoms with Crippen LogP contribution >= 0.6 is 0 Å². The predicted molar refractivity (Wildman–Crippen MR) is 88.6 cm³/mol. The number of ether oxygens (including phenoxy) is 3. The van der Waals surface area contributed by atoms with Crippen molar-refractivity contribution < 1.29 is 19.0 Å². The Kier molecular flexibility index (Phi) is 7.02. The van der Waals surface area contributed by atoms with Crippen molar-refractivity contribution in [3.05, 3.63) is 29.8 Å². The molecule has 1 aromatic rings. The van der Waals surface area contributed by atoms with Crippen molar-refractivity contribution in [3.63, 3.8) is 0 Å². The maximum absolute atomic E-state index is 12.3. The number of hydrogen-bond acceptors (Lipinski definition) is 5. The summed E-state index contributed by atoms with van der Waals surface area (Å²) in [7, 11) is 4.91. The summed E-state index contributed by atoms with van der Waals surface area (Å²) in [6.07, 6.45) is 2.92. The van der Waals surface area contributed by atoms with Crippen LogP contribution in [0.15, 0.2) is 24.3 Å². The Morgan fingerprint density at radius 1 is 1.22 bits per heavy atom. The van der Waals surface area contributed by atoms with Crippen LogP contribution < -0.4 is 10.1 Å². The molecule has 1 heterocycles. The standard InChI is InChI=1S/C18H27NO4/c1-21-15-9-7-13(8-10-15)5-4-6-17(20)14-11-16(19-12-14)18(22-2)23-3/h7-10,14,16,18-19H,4-6,11-12H2,1-3H3/t14?,16-/m0/s1. The second kappa shape index (κ2) is 9.01. The van der Waals surface area contributed by atoms with E-state index in [9.17, 15) is 4.79 Å². The molecule has 128 valence electrons. The van der Waals surface area contributed by atoms with Crippen LogP contribution in [0.1, 0.15) is 24.8 Å². The summed E-state index contributed by atoms with van der Waals surface area (Å²) in [6, 6.07) is 8.12. The Labute approximate surface area is 138 Å². The third-order valence-corrected chi connectivity index (χ3v) is 4.46. The molecule has 2 atom stereocenters. The minimum absolute atomic E-state index is 0.0728. The van der Waals surface area contributed by atoms with E-state index in [1.807, 2.05) is 12.1 Å². The molecule has 1 aromatic carbocycles. The smallest absolute Gasteiger partial charge is 0.172 e. The second-order valence-electron chi connectivity index (χ2n) is 5.96. The van der Waals surface area contributed by atoms with Gasteiger partial charge in [-0.1, -0.05) is 12.1 Å². The number of rotatable bonds is 9. The number of Topliss-reactive ketones (excluding diaryl/α,β-unsaturated/α-hetero) is 1. The summed E-state index contributed by atoms with van der Waals surface area (Å²) in [4.78, 5) is 12.3. The SMILES string of the molecule is COc1ccc(CCCC(=O)C2CN[C@H](C(OC)OC)C2)cc1. The molecule has 1 saturated heterocycles. The maximum Gasteiger partial charge on any atom is 0.172 e. The molecule has 0 bridgehead atoms. The Morgan fingerprint density at radius 2 is 1.91 bits per heavy atom. The van der Waals surface area contributed by atoms with Crippen molar-refractivity contribution in [3.8, 4) is 5.75 Å². The van der Waals surface area contributed by atoms with Gasteiger partial charge in [0.2, 0.25) is 0 Å². The van der Waals surface area contributed by atoms with Gasteiger partial charge in [-0.25, -0.2) is 0 Å². The number of nitrogens with one attached hydrogen (secondary N) is 1. The molecule has 2 rings (SSSR count). The molecule has 1 unspecified atom stereocenters. The Morgan fingerprint density at radius 3 is 2.52 bits per heavy atom. The summed E-state index contributed by atoms with van der Waals surface area (Å²) in [5, 5.41) is 3.33. The molecule has 1 N–H and O–H groups in total. The van der Waals surface area contributed by atoms with Gasteiger partial charge in [0.15, 0.2) is 6.29 Å². The van der Waals surface area contributed by atoms with Gasteiger partial charge in [-0.05, 0) is 37.0 Å². The van der Waals surface area contributed by atoms with Crippen LogP contribution in [0.25, 0.3) is 0 Å². The fourth-order valence-corrected chi connectivity index (χ4v) is 3.11. The lowest BCUT2D eigenvalue weighted by molar-refractivity contribution is -0.125. The van der Waals surface area contributed by atoms with E-state index in [2.05, 4.69) is 17.4 Å². The van der Waals surface area contributed by atoms with Crippen molar-refractivity contribution in [2.45, 2.75) is 38.0 Å². The van der Waals surface area contributed by atoms with Crippen LogP contribution in [0.4, 0.5) is 0 Å². The van der Waals surface area contributed by atoms with Gasteiger partial charge in [0, 0.05) is 33.1 Å². The first kappa shape index (κ1) is 17.9. The van der Waals surface area contributed by atoms with E-state index in [0.29, 0.717) is 12.2 Å². The number of hydrogen-bond donors (Lipinski definition) is 1. The first-order valence-electron chi connectivity index (χ1n) is 8.12. The topological polar surface area (TPSA) is 56.8 Å². The quantitative estimate of drug-likeness (QED) is 0.707. The van der Waals surface area contributed by atoms with Crippen LogP contribution in [0.5, 0.6) is 5.75 Å². The third kappa shape index (κ3) is 5.03. The largest absolute Gasteiger partial charge is 0.497 e. The highest BCUT2D eigenvalue weighted by atomic mass is 16.7. The van der Waals surface area contributed by atoms with E-state index in [1.165, 1.54) is 5.56 Å². The molecule has 1 fully saturated rings. The molecule has 1 aliphatic heterocycles. The first-order chi connectivity index (χ1) is 11.2. The summed E-state index contributed by atoms with van der Waals surface area (Å²) in [5.74, 6) is 1.27. The molecular weight excluding hydrogens is 294 g/mol. The maximum atomic E-state index is 12.3. The lowest BCUT2D eigenvalue weighted by Crippen LogP contribution is -2.37. The minimum Gasteiger partial charge on any atom is -0.497 e. The molecule has 0 radical (unpaired) electrons. The lowest BCUT2D eigenvalue weighted by atomic mass is 9.95. The number of carbonyl (C=O) groups is 1. The number of ketones is 1. The van der Waals surface area contributed by atoms with E-state index < -0.39 is 0 Å². The molecule has 0 spiro atoms. The summed E-state index contributed by atoms with van der Waals surface area (Å²) < 4.78 is 15.7. The Hall–Kier alpha value is -1.43. The van der Waals surface area contributed by atoms with Crippen molar-refractivity contribution in [1.29, 1.82) is 0 Å². The van der Waals surface area contributed by atoms with Gasteiger partial charge >= 0.3 is 0 Å². The van der Waals surface area contributed by atoms with Crippen LogP contribution in [0.3, 0.4) is 0 Å². The molecule has 1 aliphatic rings. The summed E-state index contributed by atoms with van der Waals surface area (Å²) in [5.41, 5.74) is 1.24. The molecular formula is C18H27NO4. The lowest BCUT2D eigenvalue weighted by Gasteiger charge is -2.20. The second-order valence-corrected chi connectivity index (χ2v) is 5.96. The van der Waals surface area contributed by atoms with E-state index >= 15 is 0 Å². The highest BCUT2D eigenvalue weighted by molar-refractivity contribution is 5.81. The number of aryl methyl sites for hydroxylation is 1. The van der Waals surface area contributed by atoms with Crippen LogP contribution in [-0.2, 0) is 20.7 Å². The van der Waals surface area contributed by atoms with E-state index in [4.69, 9.17) is 14.2 Å². The van der Waals surface area contributed by atoms with Crippen LogP contribution in [0.2, 0.25) is 0 Å². The van der Waals surface area contributed by atoms with E-state index in [0.717, 1.165) is 31.6 Å². The van der Waals surface area contributed by atoms with Gasteiger partial charge in [0.25, 0.3) is 0 Å². The molecule has 0 amide bonds. The van der Waals surface area contributed by atoms with Crippen LogP contribution in [-0.4, -0.2) is 46.0 Å². The minimum atomic E-state index is -0.285. The van der Waals surface area contributed by atoms with E-state index in [-0.39, 0.29) is 18.2 Å². The van der Waals surface area contributed by atoms with Crippen molar-refractivity contribution >= 4 is 5.78 Å². The highest BCUT2D eigenvalue weighted by Crippen LogP contribution is 2.21. The van der Waals surface area contributed by atoms with Crippen molar-refractivity contribution in [1.82, 2.24) is 5.32 Å². The fourth-order valence-electron chi connectivity index (χ4n) is 3.11. The Balaban J connectivity index is 1.72. The molecule has 0 aromatic heterocycles. The Bertz CT molecular complexity index is 484. The monoisotopic (exact) mass is 321 g/mol. The fraction of sp³-hybridized carbons (Fsp3) is 0.611. The van der Waals surface area contributed by atoms with Crippen molar-refractivity contribution in [2.24, 2.45) is 5.92 Å². The van der Waals surface area contributed by atoms with Gasteiger partial charge < -0.3 is 19.5 Å². The normalized spacial score (nSPS) is 20.9. The number of methoxy groups -OCH3 is 3. The average molecular weight is 321 g/mol. The molecule has 23 heavy (non-hydrogen) atoms. The summed E-state index contributed by atoms with van der Waals surface area (Å²) in [6.45, 7) is 0.718. The van der Waals surface area contributed by atoms with Gasteiger partial charge in [-0.3, -0.25) is 4.79 Å². The first-order valence-corrected chi connectivity index (χ1v) is 8.12. The molecule has 5 nitrogen and oxygen atoms in total. The van der Waals surface area contributed by atoms with Gasteiger partial charge in [-0.15, -0.1) is 0 Å². The van der Waals surface area contributed by atoms with Gasteiger partial charge in [0.1, 0.15) is 11.5 Å². The highest BCUT2D eigenvalue weighted by Gasteiger charge is 2.33. The average Bonchev–Trinajstić information content (AvgIpc) is 3.06. The number of benzene rings is 1. The number of carbonyl (C=O) groups excluding carboxylic acids is 1. The molecule has 5 heteroatoms. The zero-order valence-electron chi connectivity index (χ0n) is 14.2. The van der Waals surface area contributed by atoms with Gasteiger partial charge in [0.05, 0.1) is 13.2 Å². The summed E-state index contributed by atoms with van der Waals surface area (Å²) >= 11 is 0. The van der Waals surface area contributed by atoms with Crippen molar-refractivity contribution in [2.75, 3.05) is 27.9 Å². The molecule has 0 saturated carbocycles. The third-order valence-electron chi connectivity index (χ3n) is 4.46.